The Labute approximate surface area is 750 Å². The third-order valence-electron chi connectivity index (χ3n) is 23.9. The molecule has 5 fully saturated rings. The molecule has 12 aromatic rings. The number of aromatic nitrogens is 12. The molecule has 21 N–H and O–H groups in total. The van der Waals surface area contributed by atoms with Crippen LogP contribution in [0.4, 0.5) is 35.3 Å². The molecular weight excluding hydrogens is 1590 g/mol. The second kappa shape index (κ2) is 49.3. The summed E-state index contributed by atoms with van der Waals surface area (Å²) >= 11 is 0. The number of amides is 1. The molecule has 28 heteroatoms. The molecule has 5 aliphatic rings. The lowest BCUT2D eigenvalue weighted by molar-refractivity contribution is -0.119. The van der Waals surface area contributed by atoms with Gasteiger partial charge in [-0.3, -0.25) is 4.79 Å². The van der Waals surface area contributed by atoms with E-state index < -0.39 is 0 Å². The molecule has 680 valence electrons. The van der Waals surface area contributed by atoms with Gasteiger partial charge in [0.15, 0.2) is 50.9 Å². The molecule has 17 rings (SSSR count). The van der Waals surface area contributed by atoms with Crippen LogP contribution in [0.5, 0.6) is 0 Å². The quantitative estimate of drug-likeness (QED) is 0.0300. The van der Waals surface area contributed by atoms with Crippen LogP contribution in [0.15, 0.2) is 183 Å². The van der Waals surface area contributed by atoms with Gasteiger partial charge in [0.1, 0.15) is 0 Å². The van der Waals surface area contributed by atoms with Gasteiger partial charge in [0.2, 0.25) is 23.8 Å². The average molecular weight is 1730 g/mol. The maximum absolute atomic E-state index is 11.4. The van der Waals surface area contributed by atoms with Gasteiger partial charge in [-0.1, -0.05) is 189 Å². The lowest BCUT2D eigenvalue weighted by Crippen LogP contribution is -2.43. The molecule has 6 aromatic heterocycles. The molecule has 4 atom stereocenters. The number of nitrogens with zero attached hydrogens (tertiary/aromatic N) is 12. The predicted molar refractivity (Wildman–Crippen MR) is 520 cm³/mol. The second-order valence-corrected chi connectivity index (χ2v) is 35.0. The van der Waals surface area contributed by atoms with E-state index >= 15 is 0 Å². The van der Waals surface area contributed by atoms with E-state index in [1.165, 1.54) is 75.8 Å². The number of fused-ring (bicyclic) bond motifs is 3. The lowest BCUT2D eigenvalue weighted by Gasteiger charge is -2.29. The van der Waals surface area contributed by atoms with Gasteiger partial charge >= 0.3 is 0 Å². The molecule has 5 saturated carbocycles. The molecular formula is C99H141N25O3. The number of aliphatic hydroxyl groups excluding tert-OH is 2. The molecule has 0 saturated heterocycles. The molecule has 6 heterocycles. The Morgan fingerprint density at radius 1 is 0.354 bits per heavy atom. The Balaban J connectivity index is 0.000000164. The highest BCUT2D eigenvalue weighted by Crippen LogP contribution is 2.33. The largest absolute Gasteiger partial charge is 0.397 e. The van der Waals surface area contributed by atoms with Crippen molar-refractivity contribution in [1.29, 1.82) is 0 Å². The zero-order valence-corrected chi connectivity index (χ0v) is 76.1. The molecule has 1 amide bonds. The lowest BCUT2D eigenvalue weighted by atomic mass is 9.91. The Morgan fingerprint density at radius 2 is 0.622 bits per heavy atom. The smallest absolute Gasteiger partial charge is 0.227 e. The minimum atomic E-state index is 0.0394. The summed E-state index contributed by atoms with van der Waals surface area (Å²) in [6, 6.07) is 60.8. The van der Waals surface area contributed by atoms with Crippen molar-refractivity contribution in [1.82, 2.24) is 63.9 Å². The predicted octanol–water partition coefficient (Wildman–Crippen LogP) is 16.7. The molecule has 0 spiro atoms. The fourth-order valence-electron chi connectivity index (χ4n) is 16.5. The fraction of sp³-hybridized carbons (Fsp3) is 0.475. The van der Waals surface area contributed by atoms with Gasteiger partial charge in [-0.05, 0) is 208 Å². The number of hydrogen-bond acceptors (Lipinski definition) is 24. The van der Waals surface area contributed by atoms with Crippen LogP contribution in [0.3, 0.4) is 0 Å². The highest BCUT2D eigenvalue weighted by molar-refractivity contribution is 5.86. The number of carbonyl (C=O) groups excluding carboxylic acids is 1. The van der Waals surface area contributed by atoms with Crippen LogP contribution < -0.4 is 71.6 Å². The normalized spacial score (nSPS) is 20.3. The van der Waals surface area contributed by atoms with E-state index in [4.69, 9.17) is 74.5 Å². The first-order valence-corrected chi connectivity index (χ1v) is 46.2. The number of rotatable bonds is 22. The average Bonchev–Trinajstić information content (AvgIpc) is 1.66. The Hall–Kier alpha value is -11.1. The van der Waals surface area contributed by atoms with Crippen LogP contribution in [0.25, 0.3) is 66.9 Å². The first-order valence-electron chi connectivity index (χ1n) is 46.2. The zero-order valence-electron chi connectivity index (χ0n) is 76.1. The van der Waals surface area contributed by atoms with Gasteiger partial charge < -0.3 is 95.5 Å². The van der Waals surface area contributed by atoms with Crippen molar-refractivity contribution in [3.8, 4) is 33.4 Å². The summed E-state index contributed by atoms with van der Waals surface area (Å²) < 4.78 is 6.26. The Kier molecular flexibility index (Phi) is 37.5. The second-order valence-electron chi connectivity index (χ2n) is 35.0. The highest BCUT2D eigenvalue weighted by atomic mass is 16.3. The monoisotopic (exact) mass is 1730 g/mol. The molecule has 5 aliphatic carbocycles. The summed E-state index contributed by atoms with van der Waals surface area (Å²) in [7, 11) is 0. The third kappa shape index (κ3) is 29.0. The number of aliphatic hydroxyl groups is 2. The van der Waals surface area contributed by atoms with E-state index in [0.717, 1.165) is 154 Å². The van der Waals surface area contributed by atoms with Crippen molar-refractivity contribution in [2.45, 2.75) is 289 Å². The summed E-state index contributed by atoms with van der Waals surface area (Å²) in [5.41, 5.74) is 50.7. The van der Waals surface area contributed by atoms with Crippen LogP contribution in [-0.4, -0.2) is 148 Å². The Morgan fingerprint density at radius 3 is 0.913 bits per heavy atom. The van der Waals surface area contributed by atoms with E-state index in [0.29, 0.717) is 61.6 Å². The summed E-state index contributed by atoms with van der Waals surface area (Å²) in [4.78, 5) is 54.3. The van der Waals surface area contributed by atoms with Gasteiger partial charge in [0.05, 0.1) is 19.0 Å². The summed E-state index contributed by atoms with van der Waals surface area (Å²) in [5.74, 6) is 4.13. The third-order valence-corrected chi connectivity index (χ3v) is 23.9. The standard InChI is InChI=1S/C29H35N7O.2C27H33N7.2C6H14N2.2C2H6O/c1-19(2)36-18-31-26-27(30-17-21-9-11-23(12-10-21)22-7-5-4-6-8-22)34-29(35-28(26)36)33-25-15-13-24(14-16-25)32-20(3)37;1-18(2)34-17-30-24-25(32-27(33-26(24)34)31-23-11-7-6-10-22(23)28)29-16-19-12-14-21(15-13-19)20-8-4-3-5-9-20;1-18(2)34-17-30-24-25(32-27(33-26(24)34)31-23-14-12-22(28)13-15-23)29-16-19-8-10-21(11-9-19)20-6-4-3-5-7-20;7-5-1-2-6(8)4-3-5;7-5-3-1-2-4-6(5)8;2*1-2-3/h4-12,18-19,24-25H,13-17H2,1-3H3,(H,32,37)(H2,30,33,34,35);3-5,8-9,12-15,17-18,22-23H,6-7,10-11,16,28H2,1-2H3,(H2,29,31,32,33);3-11,17-18,22-23H,12-16,28H2,1-2H3,(H2,29,31,32,33);2*5-6H,1-4,7-8H2;2*3H,2H2,1H3/t;22-,23+;;;5-,6+;;/m.0...../s1. The summed E-state index contributed by atoms with van der Waals surface area (Å²) in [6.07, 6.45) is 27.3. The van der Waals surface area contributed by atoms with Crippen molar-refractivity contribution < 1.29 is 15.0 Å². The van der Waals surface area contributed by atoms with Crippen LogP contribution in [0.1, 0.15) is 226 Å². The van der Waals surface area contributed by atoms with Crippen LogP contribution >= 0.6 is 0 Å². The Bertz CT molecular complexity index is 5180. The molecule has 0 unspecified atom stereocenters. The molecule has 0 radical (unpaired) electrons. The van der Waals surface area contributed by atoms with Gasteiger partial charge in [0, 0.05) is 118 Å². The number of hydrogen-bond donors (Lipinski definition) is 15. The van der Waals surface area contributed by atoms with Gasteiger partial charge in [-0.15, -0.1) is 0 Å². The van der Waals surface area contributed by atoms with E-state index in [9.17, 15) is 4.79 Å². The number of benzene rings is 6. The summed E-state index contributed by atoms with van der Waals surface area (Å²) in [5, 5.41) is 39.3. The summed E-state index contributed by atoms with van der Waals surface area (Å²) in [6.45, 7) is 20.2. The number of imidazole rings is 3. The van der Waals surface area contributed by atoms with Crippen molar-refractivity contribution in [2.75, 3.05) is 45.1 Å². The van der Waals surface area contributed by atoms with E-state index in [1.54, 1.807) is 20.8 Å². The first kappa shape index (κ1) is 96.6. The molecule has 28 nitrogen and oxygen atoms in total. The van der Waals surface area contributed by atoms with E-state index in [1.807, 2.05) is 37.2 Å². The van der Waals surface area contributed by atoms with Crippen LogP contribution in [0.2, 0.25) is 0 Å². The number of nitrogens with one attached hydrogen (secondary N) is 7. The number of anilines is 6. The first-order chi connectivity index (χ1) is 61.5. The number of nitrogens with two attached hydrogens (primary N) is 6. The van der Waals surface area contributed by atoms with E-state index in [-0.39, 0.29) is 73.5 Å². The maximum atomic E-state index is 11.4. The molecule has 0 aliphatic heterocycles. The number of carbonyl (C=O) groups is 1. The van der Waals surface area contributed by atoms with Crippen molar-refractivity contribution >= 4 is 74.7 Å². The van der Waals surface area contributed by atoms with Crippen molar-refractivity contribution in [3.05, 3.63) is 199 Å². The maximum Gasteiger partial charge on any atom is 0.227 e. The molecule has 6 aromatic carbocycles. The van der Waals surface area contributed by atoms with Gasteiger partial charge in [0.25, 0.3) is 0 Å². The van der Waals surface area contributed by atoms with Crippen LogP contribution in [0, 0.1) is 0 Å². The van der Waals surface area contributed by atoms with Gasteiger partial charge in [-0.25, -0.2) is 15.0 Å². The van der Waals surface area contributed by atoms with E-state index in [2.05, 4.69) is 253 Å². The minimum Gasteiger partial charge on any atom is -0.397 e. The van der Waals surface area contributed by atoms with Crippen molar-refractivity contribution in [2.24, 2.45) is 34.4 Å². The SMILES string of the molecule is CC(=O)NC1CCC(Nc2nc(NCc3ccc(-c4ccccc4)cc3)c3ncn(C(C)C)c3n2)CC1.CC(C)n1cnc2c(NCc3ccc(-c4ccccc4)cc3)nc(NC3CCC(N)CC3)nc21.CC(C)n1cnc2c(NCc3ccc(-c4ccccc4)cc3)nc(N[C@@H]3CCCC[C@@H]3N)nc21.CCO.CCO.NC1CCC(N)CC1.N[C@@H]1CCCC[C@@H]1N. The fourth-order valence-corrected chi connectivity index (χ4v) is 16.5. The topological polar surface area (TPSA) is 429 Å². The van der Waals surface area contributed by atoms with Gasteiger partial charge in [-0.2, -0.15) is 29.9 Å². The highest BCUT2D eigenvalue weighted by Gasteiger charge is 2.28. The van der Waals surface area contributed by atoms with Crippen LogP contribution in [-0.2, 0) is 24.4 Å². The zero-order chi connectivity index (χ0) is 90.1. The van der Waals surface area contributed by atoms with Crippen molar-refractivity contribution in [3.63, 3.8) is 0 Å². The molecule has 127 heavy (non-hydrogen) atoms. The molecule has 0 bridgehead atoms. The minimum absolute atomic E-state index is 0.0394.